The van der Waals surface area contributed by atoms with Gasteiger partial charge in [-0.2, -0.15) is 0 Å². The van der Waals surface area contributed by atoms with E-state index in [4.69, 9.17) is 18.8 Å². The first-order chi connectivity index (χ1) is 28.9. The van der Waals surface area contributed by atoms with Gasteiger partial charge in [-0.15, -0.1) is 59.7 Å². The van der Waals surface area contributed by atoms with Crippen molar-refractivity contribution in [3.63, 3.8) is 0 Å². The van der Waals surface area contributed by atoms with Gasteiger partial charge in [0, 0.05) is 39.9 Å². The van der Waals surface area contributed by atoms with Crippen molar-refractivity contribution in [2.75, 3.05) is 4.90 Å². The summed E-state index contributed by atoms with van der Waals surface area (Å²) in [5, 5.41) is 1.87. The van der Waals surface area contributed by atoms with Crippen LogP contribution in [0, 0.1) is 39.8 Å². The van der Waals surface area contributed by atoms with Crippen molar-refractivity contribution in [3.05, 3.63) is 198 Å². The Kier molecular flexibility index (Phi) is 10.4. The molecule has 0 aliphatic carbocycles. The van der Waals surface area contributed by atoms with E-state index in [0.29, 0.717) is 0 Å². The Labute approximate surface area is 364 Å². The minimum atomic E-state index is 0. The number of rotatable bonds is 8. The van der Waals surface area contributed by atoms with Crippen LogP contribution in [0.4, 0.5) is 17.1 Å². The summed E-state index contributed by atoms with van der Waals surface area (Å²) in [6.45, 7) is 8.48. The van der Waals surface area contributed by atoms with Crippen LogP contribution < -0.4 is 4.90 Å². The van der Waals surface area contributed by atoms with E-state index in [2.05, 4.69) is 178 Å². The fraction of sp³-hybridized carbons (Fsp3) is 0.0741. The average molecular weight is 957 g/mol. The van der Waals surface area contributed by atoms with Gasteiger partial charge >= 0.3 is 21.1 Å². The van der Waals surface area contributed by atoms with Gasteiger partial charge in [0.25, 0.3) is 0 Å². The molecule has 0 aliphatic rings. The molecule has 4 heterocycles. The van der Waals surface area contributed by atoms with Crippen LogP contribution in [0.5, 0.6) is 0 Å². The van der Waals surface area contributed by atoms with Crippen LogP contribution in [-0.2, 0) is 21.1 Å². The summed E-state index contributed by atoms with van der Waals surface area (Å²) in [7, 11) is 0. The molecule has 0 atom stereocenters. The van der Waals surface area contributed by atoms with Crippen molar-refractivity contribution in [3.8, 4) is 56.3 Å². The largest absolute Gasteiger partial charge is 2.00 e. The summed E-state index contributed by atoms with van der Waals surface area (Å²) in [6, 6.07) is 59.7. The van der Waals surface area contributed by atoms with Gasteiger partial charge in [0.15, 0.2) is 0 Å². The predicted molar refractivity (Wildman–Crippen MR) is 240 cm³/mol. The van der Waals surface area contributed by atoms with Gasteiger partial charge in [-0.25, -0.2) is 0 Å². The van der Waals surface area contributed by atoms with E-state index in [0.717, 1.165) is 95.3 Å². The van der Waals surface area contributed by atoms with Gasteiger partial charge in [0.05, 0.1) is 5.69 Å². The Bertz CT molecular complexity index is 2970. The summed E-state index contributed by atoms with van der Waals surface area (Å²) in [5.41, 5.74) is 16.6. The van der Waals surface area contributed by atoms with E-state index in [1.165, 1.54) is 22.3 Å². The predicted octanol–water partition coefficient (Wildman–Crippen LogP) is 14.6. The van der Waals surface area contributed by atoms with E-state index in [-0.39, 0.29) is 21.1 Å². The number of pyridine rings is 2. The van der Waals surface area contributed by atoms with E-state index >= 15 is 0 Å². The summed E-state index contributed by atoms with van der Waals surface area (Å²) < 4.78 is 13.0. The van der Waals surface area contributed by atoms with Crippen molar-refractivity contribution < 1.29 is 29.9 Å². The van der Waals surface area contributed by atoms with Crippen LogP contribution in [0.25, 0.3) is 78.2 Å². The van der Waals surface area contributed by atoms with Crippen LogP contribution in [0.15, 0.2) is 173 Å². The van der Waals surface area contributed by atoms with E-state index in [1.54, 1.807) is 0 Å². The van der Waals surface area contributed by atoms with Gasteiger partial charge in [0.1, 0.15) is 22.7 Å². The second-order valence-electron chi connectivity index (χ2n) is 15.0. The van der Waals surface area contributed by atoms with Crippen molar-refractivity contribution in [1.82, 2.24) is 9.97 Å². The summed E-state index contributed by atoms with van der Waals surface area (Å²) in [6.07, 6.45) is 3.62. The van der Waals surface area contributed by atoms with Gasteiger partial charge in [0.2, 0.25) is 0 Å². The third-order valence-corrected chi connectivity index (χ3v) is 11.1. The Balaban J connectivity index is 0.00000462. The van der Waals surface area contributed by atoms with Crippen molar-refractivity contribution in [1.29, 1.82) is 0 Å². The Morgan fingerprint density at radius 1 is 0.467 bits per heavy atom. The second kappa shape index (κ2) is 16.1. The smallest absolute Gasteiger partial charge is 0.457 e. The van der Waals surface area contributed by atoms with Crippen LogP contribution >= 0.6 is 0 Å². The average Bonchev–Trinajstić information content (AvgIpc) is 3.89. The Morgan fingerprint density at radius 2 is 0.917 bits per heavy atom. The number of hydrogen-bond donors (Lipinski definition) is 0. The molecule has 0 unspecified atom stereocenters. The quantitative estimate of drug-likeness (QED) is 0.142. The number of benzene rings is 6. The molecule has 0 amide bonds. The molecule has 0 spiro atoms. The zero-order valence-electron chi connectivity index (χ0n) is 33.6. The molecule has 60 heavy (non-hydrogen) atoms. The number of aromatic nitrogens is 2. The van der Waals surface area contributed by atoms with Gasteiger partial charge in [-0.1, -0.05) is 84.9 Å². The van der Waals surface area contributed by atoms with Crippen molar-refractivity contribution in [2.24, 2.45) is 0 Å². The number of anilines is 3. The minimum Gasteiger partial charge on any atom is -0.457 e. The standard InChI is InChI=1S/C54H39N3O2.Pt/c1-34-14-10-15-35(2)51(34)49-32-44-47(58-49)26-28-55-53(44)39-20-12-22-41(30-39)57(46-25-9-8-24-43(46)38-18-6-5-7-19-38)42-23-13-21-40(31-42)54-45-33-50(59-48(45)27-29-56-54)52-36(3)16-11-17-37(52)4;/h5-29,32-33H,1-4H3;/q-2;+2. The zero-order valence-corrected chi connectivity index (χ0v) is 35.8. The van der Waals surface area contributed by atoms with E-state index in [1.807, 2.05) is 30.6 Å². The van der Waals surface area contributed by atoms with Crippen molar-refractivity contribution in [2.45, 2.75) is 27.7 Å². The molecule has 0 fully saturated rings. The molecule has 6 heteroatoms. The van der Waals surface area contributed by atoms with Crippen LogP contribution in [0.3, 0.4) is 0 Å². The number of furan rings is 2. The molecule has 0 aliphatic heterocycles. The monoisotopic (exact) mass is 956 g/mol. The normalized spacial score (nSPS) is 11.2. The number of nitrogens with zero attached hydrogens (tertiary/aromatic N) is 3. The minimum absolute atomic E-state index is 0. The number of fused-ring (bicyclic) bond motifs is 2. The third kappa shape index (κ3) is 6.95. The zero-order chi connectivity index (χ0) is 40.0. The molecule has 0 N–H and O–H groups in total. The maximum Gasteiger partial charge on any atom is 2.00 e. The van der Waals surface area contributed by atoms with Gasteiger partial charge in [-0.3, -0.25) is 0 Å². The molecular formula is C54H39N3O2Pt. The molecule has 0 bridgehead atoms. The first kappa shape index (κ1) is 38.7. The summed E-state index contributed by atoms with van der Waals surface area (Å²) in [4.78, 5) is 12.1. The fourth-order valence-corrected chi connectivity index (χ4v) is 8.38. The SMILES string of the molecule is Cc1cccc(C)c1-c1cc2c(-c3[c-]c(N(c4[c-]c(-c5nccc6oc(-c7c(C)cccc7C)cc56)ccc4)c4ccccc4-c4ccccc4)ccc3)nccc2o1.[Pt+2]. The topological polar surface area (TPSA) is 55.3 Å². The molecular weight excluding hydrogens is 918 g/mol. The molecule has 0 saturated carbocycles. The number of para-hydroxylation sites is 1. The summed E-state index contributed by atoms with van der Waals surface area (Å²) in [5.74, 6) is 1.65. The molecule has 0 saturated heterocycles. The molecule has 6 aromatic carbocycles. The van der Waals surface area contributed by atoms with Crippen LogP contribution in [0.1, 0.15) is 22.3 Å². The van der Waals surface area contributed by atoms with Crippen molar-refractivity contribution >= 4 is 39.0 Å². The molecule has 4 aromatic heterocycles. The maximum atomic E-state index is 6.50. The first-order valence-corrected chi connectivity index (χ1v) is 19.8. The van der Waals surface area contributed by atoms with E-state index in [9.17, 15) is 0 Å². The molecule has 292 valence electrons. The van der Waals surface area contributed by atoms with E-state index < -0.39 is 0 Å². The van der Waals surface area contributed by atoms with Gasteiger partial charge < -0.3 is 23.7 Å². The molecule has 10 aromatic rings. The molecule has 0 radical (unpaired) electrons. The maximum absolute atomic E-state index is 6.50. The Hall–Kier alpha value is -6.81. The fourth-order valence-electron chi connectivity index (χ4n) is 8.38. The third-order valence-electron chi connectivity index (χ3n) is 11.1. The van der Waals surface area contributed by atoms with Gasteiger partial charge in [-0.05, 0) is 109 Å². The Morgan fingerprint density at radius 3 is 1.42 bits per heavy atom. The number of hydrogen-bond acceptors (Lipinski definition) is 5. The molecule has 10 rings (SSSR count). The first-order valence-electron chi connectivity index (χ1n) is 19.8. The van der Waals surface area contributed by atoms with Crippen LogP contribution in [0.2, 0.25) is 0 Å². The second-order valence-corrected chi connectivity index (χ2v) is 15.0. The molecule has 5 nitrogen and oxygen atoms in total. The summed E-state index contributed by atoms with van der Waals surface area (Å²) >= 11 is 0. The van der Waals surface area contributed by atoms with Crippen LogP contribution in [-0.4, -0.2) is 9.97 Å². The number of aryl methyl sites for hydroxylation is 4.